The van der Waals surface area contributed by atoms with E-state index in [0.717, 1.165) is 10.6 Å². The van der Waals surface area contributed by atoms with Gasteiger partial charge in [0.2, 0.25) is 0 Å². The number of hydrogen-bond donors (Lipinski definition) is 0. The first-order valence-electron chi connectivity index (χ1n) is 4.95. The molecule has 0 saturated carbocycles. The maximum Gasteiger partial charge on any atom is 1.00 e. The summed E-state index contributed by atoms with van der Waals surface area (Å²) in [6, 6.07) is 18.7. The molecular weight excluding hydrogens is 278 g/mol. The second-order valence-corrected chi connectivity index (χ2v) is 5.87. The van der Waals surface area contributed by atoms with Crippen LogP contribution >= 0.6 is 8.15 Å². The van der Waals surface area contributed by atoms with E-state index in [4.69, 9.17) is 3.97 Å². The van der Waals surface area contributed by atoms with Crippen LogP contribution in [-0.2, 0) is 15.3 Å². The predicted octanol–water partition coefficient (Wildman–Crippen LogP) is -1.04. The fourth-order valence-corrected chi connectivity index (χ4v) is 3.78. The van der Waals surface area contributed by atoms with E-state index < -0.39 is 19.5 Å². The quantitative estimate of drug-likeness (QED) is 0.410. The van der Waals surface area contributed by atoms with Gasteiger partial charge in [0, 0.05) is 10.6 Å². The average Bonchev–Trinajstić information content (AvgIpc) is 2.38. The maximum absolute atomic E-state index is 10.8. The van der Waals surface area contributed by atoms with Crippen LogP contribution in [0.15, 0.2) is 60.7 Å². The summed E-state index contributed by atoms with van der Waals surface area (Å²) < 4.78 is 26.5. The van der Waals surface area contributed by atoms with E-state index in [1.165, 1.54) is 0 Å². The zero-order valence-electron chi connectivity index (χ0n) is 10.9. The standard InChI is InChI=1S/C12H11O3PS.Na.H/c13-17(14)15-16(11-7-3-1-4-8-11)12-9-5-2-6-10-12;;/h1-10H,(H,13,14);;/q;+1;-1/p-1. The molecule has 0 bridgehead atoms. The van der Waals surface area contributed by atoms with Crippen molar-refractivity contribution in [3.05, 3.63) is 60.7 Å². The maximum atomic E-state index is 10.8. The predicted molar refractivity (Wildman–Crippen MR) is 70.2 cm³/mol. The van der Waals surface area contributed by atoms with E-state index in [0.29, 0.717) is 0 Å². The molecule has 0 aliphatic heterocycles. The largest absolute Gasteiger partial charge is 1.00 e. The molecule has 2 aromatic carbocycles. The minimum absolute atomic E-state index is 0. The third kappa shape index (κ3) is 4.56. The molecule has 6 heteroatoms. The fraction of sp³-hybridized carbons (Fsp3) is 0. The summed E-state index contributed by atoms with van der Waals surface area (Å²) in [6.07, 6.45) is 0. The molecule has 90 valence electrons. The van der Waals surface area contributed by atoms with Crippen molar-refractivity contribution in [3.8, 4) is 0 Å². The van der Waals surface area contributed by atoms with E-state index in [1.54, 1.807) is 0 Å². The second kappa shape index (κ2) is 8.18. The van der Waals surface area contributed by atoms with Gasteiger partial charge in [-0.15, -0.1) is 0 Å². The van der Waals surface area contributed by atoms with Crippen molar-refractivity contribution in [2.45, 2.75) is 0 Å². The van der Waals surface area contributed by atoms with E-state index in [9.17, 15) is 8.76 Å². The van der Waals surface area contributed by atoms with Gasteiger partial charge in [0.25, 0.3) is 0 Å². The Morgan fingerprint density at radius 3 is 1.67 bits per heavy atom. The van der Waals surface area contributed by atoms with Crippen LogP contribution in [-0.4, -0.2) is 8.76 Å². The molecule has 0 fully saturated rings. The van der Waals surface area contributed by atoms with Gasteiger partial charge >= 0.3 is 29.6 Å². The van der Waals surface area contributed by atoms with Gasteiger partial charge in [0.05, 0.1) is 11.4 Å². The molecule has 2 aromatic rings. The first kappa shape index (κ1) is 16.0. The first-order chi connectivity index (χ1) is 8.27. The minimum Gasteiger partial charge on any atom is -1.00 e. The summed E-state index contributed by atoms with van der Waals surface area (Å²) in [7, 11) is -1.30. The van der Waals surface area contributed by atoms with Crippen LogP contribution in [0.4, 0.5) is 0 Å². The van der Waals surface area contributed by atoms with Gasteiger partial charge in [0.15, 0.2) is 0 Å². The second-order valence-electron chi connectivity index (χ2n) is 3.24. The smallest absolute Gasteiger partial charge is 1.00 e. The van der Waals surface area contributed by atoms with Crippen molar-refractivity contribution in [1.29, 1.82) is 0 Å². The Morgan fingerprint density at radius 1 is 0.944 bits per heavy atom. The van der Waals surface area contributed by atoms with Gasteiger partial charge in [0.1, 0.15) is 8.15 Å². The van der Waals surface area contributed by atoms with Crippen LogP contribution in [0, 0.1) is 0 Å². The monoisotopic (exact) mass is 289 g/mol. The van der Waals surface area contributed by atoms with Crippen molar-refractivity contribution < 1.29 is 43.7 Å². The third-order valence-electron chi connectivity index (χ3n) is 2.12. The summed E-state index contributed by atoms with van der Waals surface area (Å²) in [6.45, 7) is 0. The summed E-state index contributed by atoms with van der Waals surface area (Å²) in [5, 5.41) is 1.75. The van der Waals surface area contributed by atoms with Crippen LogP contribution in [0.2, 0.25) is 0 Å². The molecule has 0 aromatic heterocycles. The number of benzene rings is 2. The normalized spacial score (nSPS) is 11.9. The third-order valence-corrected chi connectivity index (χ3v) is 4.73. The molecule has 0 aliphatic carbocycles. The molecule has 18 heavy (non-hydrogen) atoms. The van der Waals surface area contributed by atoms with Crippen LogP contribution in [0.5, 0.6) is 0 Å². The van der Waals surface area contributed by atoms with E-state index in [1.807, 2.05) is 60.7 Å². The molecule has 1 unspecified atom stereocenters. The van der Waals surface area contributed by atoms with Gasteiger partial charge in [-0.3, -0.25) is 3.97 Å². The molecule has 0 amide bonds. The zero-order chi connectivity index (χ0) is 12.1. The van der Waals surface area contributed by atoms with Gasteiger partial charge in [-0.25, -0.2) is 4.21 Å². The van der Waals surface area contributed by atoms with E-state index >= 15 is 0 Å². The van der Waals surface area contributed by atoms with Crippen LogP contribution in [0.3, 0.4) is 0 Å². The van der Waals surface area contributed by atoms with Crippen molar-refractivity contribution in [2.75, 3.05) is 0 Å². The molecule has 1 atom stereocenters. The summed E-state index contributed by atoms with van der Waals surface area (Å²) in [5.74, 6) is 0. The van der Waals surface area contributed by atoms with Crippen molar-refractivity contribution >= 4 is 30.1 Å². The Bertz CT molecular complexity index is 461. The first-order valence-corrected chi connectivity index (χ1v) is 7.21. The molecule has 3 nitrogen and oxygen atoms in total. The van der Waals surface area contributed by atoms with Crippen molar-refractivity contribution in [3.63, 3.8) is 0 Å². The van der Waals surface area contributed by atoms with Gasteiger partial charge in [-0.1, -0.05) is 60.7 Å². The number of rotatable bonds is 4. The molecule has 0 N–H and O–H groups in total. The van der Waals surface area contributed by atoms with Gasteiger partial charge < -0.3 is 5.98 Å². The summed E-state index contributed by atoms with van der Waals surface area (Å²) >= 11 is -2.52. The molecule has 0 heterocycles. The molecule has 0 spiro atoms. The Morgan fingerprint density at radius 2 is 1.33 bits per heavy atom. The number of hydrogen-bond acceptors (Lipinski definition) is 3. The van der Waals surface area contributed by atoms with Crippen LogP contribution in [0.25, 0.3) is 0 Å². The van der Waals surface area contributed by atoms with E-state index in [-0.39, 0.29) is 31.0 Å². The Kier molecular flexibility index (Phi) is 7.27. The Hall–Kier alpha value is -0.0600. The average molecular weight is 289 g/mol. The van der Waals surface area contributed by atoms with Gasteiger partial charge in [-0.05, 0) is 0 Å². The molecule has 0 saturated heterocycles. The zero-order valence-corrected chi connectivity index (χ0v) is 13.6. The van der Waals surface area contributed by atoms with Crippen LogP contribution < -0.4 is 40.2 Å². The fourth-order valence-electron chi connectivity index (χ4n) is 1.42. The van der Waals surface area contributed by atoms with Crippen LogP contribution in [0.1, 0.15) is 1.43 Å². The summed E-state index contributed by atoms with van der Waals surface area (Å²) in [4.78, 5) is 0. The van der Waals surface area contributed by atoms with Crippen molar-refractivity contribution in [2.24, 2.45) is 0 Å². The van der Waals surface area contributed by atoms with Gasteiger partial charge in [-0.2, -0.15) is 0 Å². The minimum atomic E-state index is -2.52. The molecule has 2 rings (SSSR count). The van der Waals surface area contributed by atoms with Crippen molar-refractivity contribution in [1.82, 2.24) is 0 Å². The molecular formula is C12H11NaO3PS-. The molecule has 0 radical (unpaired) electrons. The summed E-state index contributed by atoms with van der Waals surface area (Å²) in [5.41, 5.74) is 0. The topological polar surface area (TPSA) is 49.4 Å². The SMILES string of the molecule is O=S([O-])OP(c1ccccc1)c1ccccc1.[H-].[Na+]. The Labute approximate surface area is 134 Å². The molecule has 0 aliphatic rings. The Balaban J connectivity index is 0.00000162. The van der Waals surface area contributed by atoms with E-state index in [2.05, 4.69) is 0 Å².